The number of hydrogen-bond donors (Lipinski definition) is 1. The number of carbonyl (C=O) groups excluding carboxylic acids is 1. The van der Waals surface area contributed by atoms with E-state index in [4.69, 9.17) is 0 Å². The molecule has 2 saturated heterocycles. The predicted molar refractivity (Wildman–Crippen MR) is 64.1 cm³/mol. The van der Waals surface area contributed by atoms with E-state index in [0.717, 1.165) is 38.4 Å². The molecule has 1 N–H and O–H groups in total. The molecular weight excluding hydrogens is 208 g/mol. The SMILES string of the molecule is CCC1CN(C(=O)[C@H]2CCNC2)CCS1. The molecule has 0 aliphatic carbocycles. The van der Waals surface area contributed by atoms with Crippen LogP contribution >= 0.6 is 11.8 Å². The van der Waals surface area contributed by atoms with Gasteiger partial charge in [-0.2, -0.15) is 11.8 Å². The van der Waals surface area contributed by atoms with Gasteiger partial charge in [0.05, 0.1) is 5.92 Å². The van der Waals surface area contributed by atoms with E-state index >= 15 is 0 Å². The minimum Gasteiger partial charge on any atom is -0.340 e. The van der Waals surface area contributed by atoms with Gasteiger partial charge >= 0.3 is 0 Å². The molecule has 2 aliphatic heterocycles. The number of carbonyl (C=O) groups is 1. The number of nitrogens with one attached hydrogen (secondary N) is 1. The van der Waals surface area contributed by atoms with Crippen molar-refractivity contribution < 1.29 is 4.79 Å². The standard InChI is InChI=1S/C11H20N2OS/c1-2-10-8-13(5-6-15-10)11(14)9-3-4-12-7-9/h9-10,12H,2-8H2,1H3/t9-,10?/m0/s1. The Hall–Kier alpha value is -0.220. The molecule has 1 amide bonds. The lowest BCUT2D eigenvalue weighted by Gasteiger charge is -2.33. The molecule has 3 nitrogen and oxygen atoms in total. The Morgan fingerprint density at radius 2 is 2.47 bits per heavy atom. The van der Waals surface area contributed by atoms with E-state index in [9.17, 15) is 4.79 Å². The van der Waals surface area contributed by atoms with Crippen LogP contribution in [0.2, 0.25) is 0 Å². The van der Waals surface area contributed by atoms with Gasteiger partial charge in [0.2, 0.25) is 5.91 Å². The van der Waals surface area contributed by atoms with Gasteiger partial charge < -0.3 is 10.2 Å². The van der Waals surface area contributed by atoms with Crippen molar-refractivity contribution >= 4 is 17.7 Å². The lowest BCUT2D eigenvalue weighted by atomic mass is 10.1. The maximum Gasteiger partial charge on any atom is 0.227 e. The highest BCUT2D eigenvalue weighted by molar-refractivity contribution is 8.00. The molecule has 0 aromatic carbocycles. The van der Waals surface area contributed by atoms with E-state index in [-0.39, 0.29) is 5.92 Å². The van der Waals surface area contributed by atoms with Crippen molar-refractivity contribution in [2.24, 2.45) is 5.92 Å². The maximum atomic E-state index is 12.1. The molecule has 0 bridgehead atoms. The van der Waals surface area contributed by atoms with E-state index < -0.39 is 0 Å². The number of amides is 1. The lowest BCUT2D eigenvalue weighted by Crippen LogP contribution is -2.45. The Morgan fingerprint density at radius 3 is 3.13 bits per heavy atom. The van der Waals surface area contributed by atoms with Crippen LogP contribution in [0.5, 0.6) is 0 Å². The zero-order valence-electron chi connectivity index (χ0n) is 9.37. The third kappa shape index (κ3) is 2.67. The summed E-state index contributed by atoms with van der Waals surface area (Å²) in [5.41, 5.74) is 0. The molecule has 4 heteroatoms. The van der Waals surface area contributed by atoms with E-state index in [0.29, 0.717) is 11.2 Å². The fourth-order valence-corrected chi connectivity index (χ4v) is 3.47. The Bertz CT molecular complexity index is 229. The molecule has 2 fully saturated rings. The largest absolute Gasteiger partial charge is 0.340 e. The van der Waals surface area contributed by atoms with Gasteiger partial charge in [-0.25, -0.2) is 0 Å². The average molecular weight is 228 g/mol. The van der Waals surface area contributed by atoms with E-state index in [1.165, 1.54) is 6.42 Å². The maximum absolute atomic E-state index is 12.1. The van der Waals surface area contributed by atoms with Crippen molar-refractivity contribution in [2.75, 3.05) is 31.9 Å². The molecule has 1 unspecified atom stereocenters. The van der Waals surface area contributed by atoms with Crippen LogP contribution in [0.15, 0.2) is 0 Å². The molecule has 0 radical (unpaired) electrons. The molecule has 0 spiro atoms. The molecule has 86 valence electrons. The van der Waals surface area contributed by atoms with E-state index in [2.05, 4.69) is 17.1 Å². The second-order valence-electron chi connectivity index (χ2n) is 4.38. The van der Waals surface area contributed by atoms with Crippen LogP contribution in [0.1, 0.15) is 19.8 Å². The summed E-state index contributed by atoms with van der Waals surface area (Å²) in [6.07, 6.45) is 2.20. The van der Waals surface area contributed by atoms with Crippen LogP contribution in [-0.2, 0) is 4.79 Å². The van der Waals surface area contributed by atoms with Gasteiger partial charge in [-0.1, -0.05) is 6.92 Å². The van der Waals surface area contributed by atoms with Crippen LogP contribution in [-0.4, -0.2) is 48.0 Å². The summed E-state index contributed by atoms with van der Waals surface area (Å²) in [6, 6.07) is 0. The summed E-state index contributed by atoms with van der Waals surface area (Å²) in [5.74, 6) is 1.76. The zero-order valence-corrected chi connectivity index (χ0v) is 10.2. The minimum absolute atomic E-state index is 0.255. The molecule has 0 aromatic heterocycles. The Balaban J connectivity index is 1.88. The number of hydrogen-bond acceptors (Lipinski definition) is 3. The highest BCUT2D eigenvalue weighted by Gasteiger charge is 2.30. The molecule has 2 aliphatic rings. The molecule has 2 atom stereocenters. The summed E-state index contributed by atoms with van der Waals surface area (Å²) in [5, 5.41) is 3.93. The van der Waals surface area contributed by atoms with Gasteiger partial charge in [-0.3, -0.25) is 4.79 Å². The van der Waals surface area contributed by atoms with Crippen molar-refractivity contribution in [2.45, 2.75) is 25.0 Å². The molecule has 0 aromatic rings. The zero-order chi connectivity index (χ0) is 10.7. The van der Waals surface area contributed by atoms with E-state index in [1.54, 1.807) is 0 Å². The average Bonchev–Trinajstić information content (AvgIpc) is 2.81. The smallest absolute Gasteiger partial charge is 0.227 e. The third-order valence-corrected chi connectivity index (χ3v) is 4.69. The van der Waals surface area contributed by atoms with Gasteiger partial charge in [0, 0.05) is 30.6 Å². The number of rotatable bonds is 2. The van der Waals surface area contributed by atoms with Gasteiger partial charge in [0.25, 0.3) is 0 Å². The van der Waals surface area contributed by atoms with Crippen LogP contribution in [0.4, 0.5) is 0 Å². The third-order valence-electron chi connectivity index (χ3n) is 3.32. The molecular formula is C11H20N2OS. The summed E-state index contributed by atoms with van der Waals surface area (Å²) >= 11 is 2.02. The second-order valence-corrected chi connectivity index (χ2v) is 5.78. The van der Waals surface area contributed by atoms with Crippen molar-refractivity contribution in [3.05, 3.63) is 0 Å². The number of nitrogens with zero attached hydrogens (tertiary/aromatic N) is 1. The first kappa shape index (κ1) is 11.3. The number of thioether (sulfide) groups is 1. The normalized spacial score (nSPS) is 31.9. The monoisotopic (exact) mass is 228 g/mol. The second kappa shape index (κ2) is 5.21. The Morgan fingerprint density at radius 1 is 1.60 bits per heavy atom. The molecule has 15 heavy (non-hydrogen) atoms. The van der Waals surface area contributed by atoms with Crippen LogP contribution in [0.3, 0.4) is 0 Å². The first-order chi connectivity index (χ1) is 7.31. The highest BCUT2D eigenvalue weighted by Crippen LogP contribution is 2.23. The Kier molecular flexibility index (Phi) is 3.92. The highest BCUT2D eigenvalue weighted by atomic mass is 32.2. The first-order valence-corrected chi connectivity index (χ1v) is 6.97. The topological polar surface area (TPSA) is 32.3 Å². The van der Waals surface area contributed by atoms with E-state index in [1.807, 2.05) is 11.8 Å². The van der Waals surface area contributed by atoms with Crippen LogP contribution < -0.4 is 5.32 Å². The summed E-state index contributed by atoms with van der Waals surface area (Å²) in [4.78, 5) is 14.2. The fourth-order valence-electron chi connectivity index (χ4n) is 2.29. The molecule has 2 rings (SSSR count). The van der Waals surface area contributed by atoms with Crippen molar-refractivity contribution in [3.63, 3.8) is 0 Å². The summed E-state index contributed by atoms with van der Waals surface area (Å²) in [6.45, 7) is 6.03. The van der Waals surface area contributed by atoms with Gasteiger partial charge in [0.1, 0.15) is 0 Å². The van der Waals surface area contributed by atoms with Crippen LogP contribution in [0.25, 0.3) is 0 Å². The predicted octanol–water partition coefficient (Wildman–Crippen LogP) is 0.950. The van der Waals surface area contributed by atoms with Crippen molar-refractivity contribution in [1.82, 2.24) is 10.2 Å². The van der Waals surface area contributed by atoms with Crippen LogP contribution in [0, 0.1) is 5.92 Å². The van der Waals surface area contributed by atoms with Gasteiger partial charge in [-0.05, 0) is 19.4 Å². The fraction of sp³-hybridized carbons (Fsp3) is 0.909. The lowest BCUT2D eigenvalue weighted by molar-refractivity contribution is -0.134. The first-order valence-electron chi connectivity index (χ1n) is 5.92. The summed E-state index contributed by atoms with van der Waals surface area (Å²) < 4.78 is 0. The van der Waals surface area contributed by atoms with Gasteiger partial charge in [0.15, 0.2) is 0 Å². The molecule has 0 saturated carbocycles. The summed E-state index contributed by atoms with van der Waals surface area (Å²) in [7, 11) is 0. The van der Waals surface area contributed by atoms with Gasteiger partial charge in [-0.15, -0.1) is 0 Å². The quantitative estimate of drug-likeness (QED) is 0.764. The Labute approximate surface area is 96.0 Å². The van der Waals surface area contributed by atoms with Crippen molar-refractivity contribution in [3.8, 4) is 0 Å². The van der Waals surface area contributed by atoms with Crippen molar-refractivity contribution in [1.29, 1.82) is 0 Å². The minimum atomic E-state index is 0.255. The molecule has 2 heterocycles.